The Bertz CT molecular complexity index is 502. The summed E-state index contributed by atoms with van der Waals surface area (Å²) >= 11 is 5.90. The Morgan fingerprint density at radius 2 is 1.81 bits per heavy atom. The molecule has 2 aliphatic carbocycles. The van der Waals surface area contributed by atoms with Crippen LogP contribution in [0.4, 0.5) is 0 Å². The largest absolute Gasteiger partial charge is 1.00 e. The standard InChI is InChI=1S/C16H20ClNO2.Li/c17-12-7-5-11(6-8-12)16(9-10-16)15(20)18-13-3-1-2-4-14(13)19;/h5-8,13-14,19H,1-4,9-10H2,(H,18,20);/q;+1/p-1/t13-,14-;/m1./s1. The van der Waals surface area contributed by atoms with Gasteiger partial charge in [-0.2, -0.15) is 0 Å². The van der Waals surface area contributed by atoms with E-state index < -0.39 is 11.5 Å². The summed E-state index contributed by atoms with van der Waals surface area (Å²) in [6, 6.07) is 7.26. The zero-order valence-electron chi connectivity index (χ0n) is 12.4. The molecule has 3 rings (SSSR count). The van der Waals surface area contributed by atoms with Gasteiger partial charge >= 0.3 is 18.9 Å². The SMILES string of the molecule is O=C([N-][C@@H]1CCCC[C@H]1O)C1(c2ccc(Cl)cc2)CC1.[Li+]. The molecule has 0 bridgehead atoms. The van der Waals surface area contributed by atoms with E-state index in [0.717, 1.165) is 44.1 Å². The summed E-state index contributed by atoms with van der Waals surface area (Å²) in [4.78, 5) is 12.5. The number of nitrogens with zero attached hydrogens (tertiary/aromatic N) is 1. The summed E-state index contributed by atoms with van der Waals surface area (Å²) in [7, 11) is 0. The molecule has 21 heavy (non-hydrogen) atoms. The molecule has 2 aliphatic rings. The van der Waals surface area contributed by atoms with Gasteiger partial charge in [0.1, 0.15) is 0 Å². The molecule has 0 spiro atoms. The second-order valence-electron chi connectivity index (χ2n) is 5.94. The summed E-state index contributed by atoms with van der Waals surface area (Å²) in [5.74, 6) is -0.0641. The van der Waals surface area contributed by atoms with Crippen molar-refractivity contribution < 1.29 is 28.8 Å². The second-order valence-corrected chi connectivity index (χ2v) is 6.38. The monoisotopic (exact) mass is 299 g/mol. The van der Waals surface area contributed by atoms with E-state index in [9.17, 15) is 9.90 Å². The van der Waals surface area contributed by atoms with Crippen LogP contribution in [0, 0.1) is 0 Å². The minimum Gasteiger partial charge on any atom is -0.648 e. The first-order valence-corrected chi connectivity index (χ1v) is 7.69. The van der Waals surface area contributed by atoms with Crippen LogP contribution in [-0.2, 0) is 10.2 Å². The Morgan fingerprint density at radius 3 is 2.38 bits per heavy atom. The molecular formula is C16H19ClLiNO2. The van der Waals surface area contributed by atoms with Crippen LogP contribution in [0.15, 0.2) is 24.3 Å². The fourth-order valence-electron chi connectivity index (χ4n) is 3.04. The molecule has 5 heteroatoms. The van der Waals surface area contributed by atoms with E-state index in [4.69, 9.17) is 11.6 Å². The van der Waals surface area contributed by atoms with Gasteiger partial charge in [0.15, 0.2) is 0 Å². The molecular weight excluding hydrogens is 281 g/mol. The number of rotatable bonds is 3. The van der Waals surface area contributed by atoms with Crippen LogP contribution in [0.2, 0.25) is 5.02 Å². The van der Waals surface area contributed by atoms with Crippen LogP contribution in [0.1, 0.15) is 44.1 Å². The van der Waals surface area contributed by atoms with Gasteiger partial charge in [-0.3, -0.25) is 0 Å². The number of carbonyl (C=O) groups is 1. The molecule has 2 saturated carbocycles. The molecule has 1 amide bonds. The van der Waals surface area contributed by atoms with Crippen LogP contribution in [0.3, 0.4) is 0 Å². The molecule has 0 aliphatic heterocycles. The number of amides is 1. The number of aliphatic hydroxyl groups excluding tert-OH is 1. The van der Waals surface area contributed by atoms with Crippen LogP contribution in [-0.4, -0.2) is 23.2 Å². The van der Waals surface area contributed by atoms with Gasteiger partial charge in [0.25, 0.3) is 0 Å². The van der Waals surface area contributed by atoms with Gasteiger partial charge in [-0.1, -0.05) is 49.0 Å². The Hall–Kier alpha value is -0.463. The van der Waals surface area contributed by atoms with Gasteiger partial charge in [0, 0.05) is 16.5 Å². The number of halogens is 1. The van der Waals surface area contributed by atoms with E-state index in [-0.39, 0.29) is 30.8 Å². The maximum atomic E-state index is 12.5. The van der Waals surface area contributed by atoms with E-state index in [2.05, 4.69) is 5.32 Å². The first-order valence-electron chi connectivity index (χ1n) is 7.31. The predicted octanol–water partition coefficient (Wildman–Crippen LogP) is 0.579. The third kappa shape index (κ3) is 3.48. The van der Waals surface area contributed by atoms with Gasteiger partial charge < -0.3 is 15.2 Å². The van der Waals surface area contributed by atoms with Gasteiger partial charge in [-0.15, -0.1) is 0 Å². The minimum atomic E-state index is -0.450. The number of benzene rings is 1. The Morgan fingerprint density at radius 1 is 1.19 bits per heavy atom. The molecule has 0 aromatic heterocycles. The summed E-state index contributed by atoms with van der Waals surface area (Å²) in [6.45, 7) is 0. The van der Waals surface area contributed by atoms with Gasteiger partial charge in [0.05, 0.1) is 5.91 Å². The maximum Gasteiger partial charge on any atom is 1.00 e. The Kier molecular flexibility index (Phi) is 5.43. The van der Waals surface area contributed by atoms with Crippen molar-refractivity contribution in [3.8, 4) is 0 Å². The average molecular weight is 300 g/mol. The molecule has 108 valence electrons. The van der Waals surface area contributed by atoms with Crippen molar-refractivity contribution in [3.05, 3.63) is 40.2 Å². The molecule has 0 saturated heterocycles. The number of hydrogen-bond acceptors (Lipinski definition) is 2. The summed E-state index contributed by atoms with van der Waals surface area (Å²) < 4.78 is 0. The first-order chi connectivity index (χ1) is 9.62. The fraction of sp³-hybridized carbons (Fsp3) is 0.562. The first kappa shape index (κ1) is 16.9. The maximum absolute atomic E-state index is 12.5. The molecule has 0 unspecified atom stereocenters. The van der Waals surface area contributed by atoms with Crippen LogP contribution in [0.25, 0.3) is 5.32 Å². The summed E-state index contributed by atoms with van der Waals surface area (Å²) in [5.41, 5.74) is 0.558. The number of carbonyl (C=O) groups excluding carboxylic acids is 1. The van der Waals surface area contributed by atoms with Crippen molar-refractivity contribution in [2.45, 2.75) is 56.1 Å². The second kappa shape index (κ2) is 6.75. The Balaban J connectivity index is 0.00000161. The fourth-order valence-corrected chi connectivity index (χ4v) is 3.16. The van der Waals surface area contributed by atoms with Crippen molar-refractivity contribution in [1.29, 1.82) is 0 Å². The van der Waals surface area contributed by atoms with E-state index in [1.807, 2.05) is 24.3 Å². The van der Waals surface area contributed by atoms with E-state index in [1.165, 1.54) is 0 Å². The van der Waals surface area contributed by atoms with Gasteiger partial charge in [0.2, 0.25) is 0 Å². The average Bonchev–Trinajstić information content (AvgIpc) is 3.24. The molecule has 0 heterocycles. The third-order valence-corrected chi connectivity index (χ3v) is 4.79. The predicted molar refractivity (Wildman–Crippen MR) is 79.0 cm³/mol. The Labute approximate surface area is 142 Å². The normalized spacial score (nSPS) is 26.6. The zero-order valence-corrected chi connectivity index (χ0v) is 13.1. The van der Waals surface area contributed by atoms with Gasteiger partial charge in [-0.05, 0) is 37.0 Å². The number of aliphatic hydroxyl groups is 1. The smallest absolute Gasteiger partial charge is 0.648 e. The quantitative estimate of drug-likeness (QED) is 0.830. The van der Waals surface area contributed by atoms with E-state index in [1.54, 1.807) is 0 Å². The molecule has 1 aromatic carbocycles. The van der Waals surface area contributed by atoms with Crippen molar-refractivity contribution in [2.24, 2.45) is 0 Å². The van der Waals surface area contributed by atoms with E-state index in [0.29, 0.717) is 5.02 Å². The molecule has 2 atom stereocenters. The minimum absolute atomic E-state index is 0. The van der Waals surface area contributed by atoms with Crippen LogP contribution in [0.5, 0.6) is 0 Å². The molecule has 3 nitrogen and oxygen atoms in total. The van der Waals surface area contributed by atoms with E-state index >= 15 is 0 Å². The summed E-state index contributed by atoms with van der Waals surface area (Å²) in [6.07, 6.45) is 4.91. The van der Waals surface area contributed by atoms with Crippen molar-refractivity contribution in [1.82, 2.24) is 0 Å². The molecule has 0 radical (unpaired) electrons. The molecule has 1 aromatic rings. The zero-order chi connectivity index (χ0) is 14.2. The molecule has 1 N–H and O–H groups in total. The number of hydrogen-bond donors (Lipinski definition) is 1. The van der Waals surface area contributed by atoms with Crippen LogP contribution >= 0.6 is 11.6 Å². The van der Waals surface area contributed by atoms with Crippen molar-refractivity contribution >= 4 is 17.5 Å². The van der Waals surface area contributed by atoms with Crippen molar-refractivity contribution in [2.75, 3.05) is 0 Å². The summed E-state index contributed by atoms with van der Waals surface area (Å²) in [5, 5.41) is 15.0. The van der Waals surface area contributed by atoms with Crippen molar-refractivity contribution in [3.63, 3.8) is 0 Å². The third-order valence-electron chi connectivity index (χ3n) is 4.53. The van der Waals surface area contributed by atoms with Gasteiger partial charge in [-0.25, -0.2) is 0 Å². The molecule has 2 fully saturated rings. The van der Waals surface area contributed by atoms with Crippen LogP contribution < -0.4 is 18.9 Å². The topological polar surface area (TPSA) is 51.4 Å².